The summed E-state index contributed by atoms with van der Waals surface area (Å²) in [6.07, 6.45) is 3.31. The minimum absolute atomic E-state index is 0.117. The van der Waals surface area contributed by atoms with Crippen LogP contribution in [0.5, 0.6) is 0 Å². The largest absolute Gasteiger partial charge is 0.466 e. The van der Waals surface area contributed by atoms with Gasteiger partial charge in [0.05, 0.1) is 12.5 Å². The summed E-state index contributed by atoms with van der Waals surface area (Å²) >= 11 is 0. The molecule has 1 aliphatic heterocycles. The van der Waals surface area contributed by atoms with Gasteiger partial charge >= 0.3 is 5.97 Å². The van der Waals surface area contributed by atoms with Gasteiger partial charge in [0.15, 0.2) is 0 Å². The minimum atomic E-state index is -0.550. The van der Waals surface area contributed by atoms with Gasteiger partial charge in [0.25, 0.3) is 5.91 Å². The molecule has 2 rings (SSSR count). The Bertz CT molecular complexity index is 504. The normalized spacial score (nSPS) is 18.6. The van der Waals surface area contributed by atoms with Crippen LogP contribution >= 0.6 is 0 Å². The number of piperidine rings is 1. The fourth-order valence-corrected chi connectivity index (χ4v) is 2.41. The number of ether oxygens (including phenoxy) is 1. The maximum absolute atomic E-state index is 11.8. The van der Waals surface area contributed by atoms with Gasteiger partial charge in [0.1, 0.15) is 5.69 Å². The van der Waals surface area contributed by atoms with E-state index in [0.717, 1.165) is 25.1 Å². The molecule has 1 aromatic heterocycles. The third-order valence-corrected chi connectivity index (χ3v) is 3.40. The number of aromatic nitrogens is 1. The number of pyridine rings is 1. The first kappa shape index (κ1) is 14.3. The van der Waals surface area contributed by atoms with E-state index in [1.807, 2.05) is 6.07 Å². The second-order valence-corrected chi connectivity index (χ2v) is 4.80. The van der Waals surface area contributed by atoms with Crippen molar-refractivity contribution in [3.8, 4) is 0 Å². The summed E-state index contributed by atoms with van der Waals surface area (Å²) in [5.74, 6) is -0.818. The standard InChI is InChI=1S/C14H19N3O3/c1-2-20-14(19)10-4-3-7-17(9-10)11-5-6-16-12(8-11)13(15)18/h5-6,8,10H,2-4,7,9H2,1H3,(H2,15,18). The molecule has 0 saturated carbocycles. The molecule has 1 atom stereocenters. The van der Waals surface area contributed by atoms with Crippen molar-refractivity contribution in [2.45, 2.75) is 19.8 Å². The lowest BCUT2D eigenvalue weighted by atomic mass is 9.97. The van der Waals surface area contributed by atoms with Gasteiger partial charge < -0.3 is 15.4 Å². The van der Waals surface area contributed by atoms with E-state index in [4.69, 9.17) is 10.5 Å². The molecule has 0 aromatic carbocycles. The zero-order valence-corrected chi connectivity index (χ0v) is 11.5. The highest BCUT2D eigenvalue weighted by molar-refractivity contribution is 5.91. The van der Waals surface area contributed by atoms with Crippen molar-refractivity contribution in [2.24, 2.45) is 11.7 Å². The Kier molecular flexibility index (Phi) is 4.55. The first-order valence-corrected chi connectivity index (χ1v) is 6.79. The lowest BCUT2D eigenvalue weighted by molar-refractivity contribution is -0.148. The van der Waals surface area contributed by atoms with Crippen LogP contribution in [0.15, 0.2) is 18.3 Å². The predicted octanol–water partition coefficient (Wildman–Crippen LogP) is 0.960. The molecule has 0 aliphatic carbocycles. The average Bonchev–Trinajstić information content (AvgIpc) is 2.48. The fourth-order valence-electron chi connectivity index (χ4n) is 2.41. The number of hydrogen-bond acceptors (Lipinski definition) is 5. The summed E-state index contributed by atoms with van der Waals surface area (Å²) in [4.78, 5) is 29.0. The smallest absolute Gasteiger partial charge is 0.310 e. The lowest BCUT2D eigenvalue weighted by Crippen LogP contribution is -2.39. The van der Waals surface area contributed by atoms with Crippen molar-refractivity contribution in [3.63, 3.8) is 0 Å². The molecule has 0 radical (unpaired) electrons. The minimum Gasteiger partial charge on any atom is -0.466 e. The highest BCUT2D eigenvalue weighted by Crippen LogP contribution is 2.24. The Balaban J connectivity index is 2.10. The molecule has 1 saturated heterocycles. The average molecular weight is 277 g/mol. The van der Waals surface area contributed by atoms with Crippen LogP contribution < -0.4 is 10.6 Å². The number of primary amides is 1. The fraction of sp³-hybridized carbons (Fsp3) is 0.500. The van der Waals surface area contributed by atoms with Gasteiger partial charge in [0, 0.05) is 25.0 Å². The van der Waals surface area contributed by atoms with Crippen molar-refractivity contribution in [2.75, 3.05) is 24.6 Å². The van der Waals surface area contributed by atoms with Gasteiger partial charge in [-0.15, -0.1) is 0 Å². The summed E-state index contributed by atoms with van der Waals surface area (Å²) in [6, 6.07) is 3.48. The van der Waals surface area contributed by atoms with E-state index in [2.05, 4.69) is 9.88 Å². The van der Waals surface area contributed by atoms with E-state index in [1.54, 1.807) is 19.2 Å². The SMILES string of the molecule is CCOC(=O)C1CCCN(c2ccnc(C(N)=O)c2)C1. The number of esters is 1. The van der Waals surface area contributed by atoms with E-state index in [-0.39, 0.29) is 17.6 Å². The van der Waals surface area contributed by atoms with Gasteiger partial charge in [-0.3, -0.25) is 14.6 Å². The molecule has 20 heavy (non-hydrogen) atoms. The first-order valence-electron chi connectivity index (χ1n) is 6.79. The van der Waals surface area contributed by atoms with Gasteiger partial charge in [-0.05, 0) is 31.9 Å². The van der Waals surface area contributed by atoms with E-state index < -0.39 is 5.91 Å². The predicted molar refractivity (Wildman–Crippen MR) is 74.3 cm³/mol. The highest BCUT2D eigenvalue weighted by Gasteiger charge is 2.27. The molecule has 0 spiro atoms. The van der Waals surface area contributed by atoms with Crippen molar-refractivity contribution >= 4 is 17.6 Å². The summed E-state index contributed by atoms with van der Waals surface area (Å²) in [7, 11) is 0. The number of carbonyl (C=O) groups excluding carboxylic acids is 2. The molecule has 1 aliphatic rings. The Morgan fingerprint density at radius 2 is 2.35 bits per heavy atom. The van der Waals surface area contributed by atoms with Gasteiger partial charge in [-0.25, -0.2) is 0 Å². The van der Waals surface area contributed by atoms with Crippen LogP contribution in [0.2, 0.25) is 0 Å². The molecular weight excluding hydrogens is 258 g/mol. The van der Waals surface area contributed by atoms with Gasteiger partial charge in [0.2, 0.25) is 0 Å². The van der Waals surface area contributed by atoms with Crippen LogP contribution in [0.25, 0.3) is 0 Å². The number of amides is 1. The topological polar surface area (TPSA) is 85.5 Å². The molecule has 1 amide bonds. The molecule has 6 heteroatoms. The Labute approximate surface area is 117 Å². The zero-order chi connectivity index (χ0) is 14.5. The number of nitrogens with zero attached hydrogens (tertiary/aromatic N) is 2. The van der Waals surface area contributed by atoms with Gasteiger partial charge in [-0.2, -0.15) is 0 Å². The Hall–Kier alpha value is -2.11. The molecular formula is C14H19N3O3. The van der Waals surface area contributed by atoms with E-state index in [0.29, 0.717) is 13.2 Å². The van der Waals surface area contributed by atoms with Crippen LogP contribution in [0, 0.1) is 5.92 Å². The monoisotopic (exact) mass is 277 g/mol. The maximum atomic E-state index is 11.8. The molecule has 0 bridgehead atoms. The number of hydrogen-bond donors (Lipinski definition) is 1. The molecule has 6 nitrogen and oxygen atoms in total. The summed E-state index contributed by atoms with van der Waals surface area (Å²) in [6.45, 7) is 3.65. The first-order chi connectivity index (χ1) is 9.61. The third kappa shape index (κ3) is 3.26. The van der Waals surface area contributed by atoms with Crippen molar-refractivity contribution < 1.29 is 14.3 Å². The third-order valence-electron chi connectivity index (χ3n) is 3.40. The number of anilines is 1. The van der Waals surface area contributed by atoms with Crippen LogP contribution in [-0.2, 0) is 9.53 Å². The lowest BCUT2D eigenvalue weighted by Gasteiger charge is -2.33. The van der Waals surface area contributed by atoms with Crippen LogP contribution in [0.4, 0.5) is 5.69 Å². The van der Waals surface area contributed by atoms with Crippen molar-refractivity contribution in [3.05, 3.63) is 24.0 Å². The zero-order valence-electron chi connectivity index (χ0n) is 11.5. The molecule has 108 valence electrons. The molecule has 2 heterocycles. The number of carbonyl (C=O) groups is 2. The molecule has 1 aromatic rings. The Morgan fingerprint density at radius 3 is 3.05 bits per heavy atom. The van der Waals surface area contributed by atoms with E-state index in [9.17, 15) is 9.59 Å². The molecule has 2 N–H and O–H groups in total. The summed E-state index contributed by atoms with van der Waals surface area (Å²) < 4.78 is 5.08. The molecule has 1 fully saturated rings. The quantitative estimate of drug-likeness (QED) is 0.828. The maximum Gasteiger partial charge on any atom is 0.310 e. The summed E-state index contributed by atoms with van der Waals surface area (Å²) in [5, 5.41) is 0. The second kappa shape index (κ2) is 6.36. The van der Waals surface area contributed by atoms with Crippen LogP contribution in [0.1, 0.15) is 30.3 Å². The van der Waals surface area contributed by atoms with Gasteiger partial charge in [-0.1, -0.05) is 0 Å². The Morgan fingerprint density at radius 1 is 1.55 bits per heavy atom. The van der Waals surface area contributed by atoms with E-state index in [1.165, 1.54) is 0 Å². The van der Waals surface area contributed by atoms with Crippen molar-refractivity contribution in [1.29, 1.82) is 0 Å². The van der Waals surface area contributed by atoms with Crippen molar-refractivity contribution in [1.82, 2.24) is 4.98 Å². The second-order valence-electron chi connectivity index (χ2n) is 4.80. The number of nitrogens with two attached hydrogens (primary N) is 1. The number of rotatable bonds is 4. The van der Waals surface area contributed by atoms with Crippen LogP contribution in [0.3, 0.4) is 0 Å². The van der Waals surface area contributed by atoms with E-state index >= 15 is 0 Å². The highest BCUT2D eigenvalue weighted by atomic mass is 16.5. The summed E-state index contributed by atoms with van der Waals surface area (Å²) in [5.41, 5.74) is 6.33. The molecule has 1 unspecified atom stereocenters. The van der Waals surface area contributed by atoms with Crippen LogP contribution in [-0.4, -0.2) is 36.6 Å².